The van der Waals surface area contributed by atoms with Crippen molar-refractivity contribution in [3.8, 4) is 5.75 Å². The van der Waals surface area contributed by atoms with Gasteiger partial charge < -0.3 is 15.0 Å². The standard InChI is InChI=1S/C28H32N2O3/c1-5-20(2)25-16-9-10-17-26(25)33-21(3)27(31)29-24-15-11-14-23(18-24)28(32)30(4)19-22-12-7-6-8-13-22/h6-18,20-21H,5,19H2,1-4H3,(H,29,31). The van der Waals surface area contributed by atoms with Crippen molar-refractivity contribution in [2.24, 2.45) is 0 Å². The number of para-hydroxylation sites is 1. The molecule has 0 spiro atoms. The van der Waals surface area contributed by atoms with Crippen LogP contribution in [0.25, 0.3) is 0 Å². The van der Waals surface area contributed by atoms with Gasteiger partial charge in [-0.25, -0.2) is 0 Å². The van der Waals surface area contributed by atoms with Crippen LogP contribution in [-0.4, -0.2) is 29.9 Å². The average Bonchev–Trinajstić information content (AvgIpc) is 2.84. The molecule has 0 radical (unpaired) electrons. The van der Waals surface area contributed by atoms with E-state index in [4.69, 9.17) is 4.74 Å². The Bertz CT molecular complexity index is 1080. The van der Waals surface area contributed by atoms with Crippen LogP contribution in [0.3, 0.4) is 0 Å². The quantitative estimate of drug-likeness (QED) is 0.448. The number of carbonyl (C=O) groups excluding carboxylic acids is 2. The molecule has 3 aromatic carbocycles. The maximum atomic E-state index is 12.9. The van der Waals surface area contributed by atoms with Gasteiger partial charge in [0, 0.05) is 24.8 Å². The molecule has 0 aliphatic carbocycles. The number of anilines is 1. The van der Waals surface area contributed by atoms with Crippen LogP contribution in [0.1, 0.15) is 54.6 Å². The Kier molecular flexibility index (Phi) is 8.25. The summed E-state index contributed by atoms with van der Waals surface area (Å²) in [7, 11) is 1.77. The van der Waals surface area contributed by atoms with Crippen LogP contribution in [0.5, 0.6) is 5.75 Å². The Morgan fingerprint density at radius 2 is 1.64 bits per heavy atom. The van der Waals surface area contributed by atoms with Gasteiger partial charge in [0.15, 0.2) is 6.10 Å². The molecule has 1 N–H and O–H groups in total. The molecule has 0 aliphatic rings. The zero-order valence-corrected chi connectivity index (χ0v) is 19.7. The summed E-state index contributed by atoms with van der Waals surface area (Å²) in [6.07, 6.45) is 0.302. The first-order valence-corrected chi connectivity index (χ1v) is 11.3. The molecule has 33 heavy (non-hydrogen) atoms. The minimum absolute atomic E-state index is 0.110. The van der Waals surface area contributed by atoms with E-state index in [1.807, 2.05) is 54.6 Å². The lowest BCUT2D eigenvalue weighted by atomic mass is 9.98. The number of hydrogen-bond donors (Lipinski definition) is 1. The molecule has 0 saturated carbocycles. The largest absolute Gasteiger partial charge is 0.481 e. The number of amides is 2. The predicted molar refractivity (Wildman–Crippen MR) is 133 cm³/mol. The zero-order valence-electron chi connectivity index (χ0n) is 19.7. The summed E-state index contributed by atoms with van der Waals surface area (Å²) < 4.78 is 6.00. The normalized spacial score (nSPS) is 12.5. The first-order chi connectivity index (χ1) is 15.9. The van der Waals surface area contributed by atoms with Crippen LogP contribution in [0.15, 0.2) is 78.9 Å². The predicted octanol–water partition coefficient (Wildman–Crippen LogP) is 5.88. The number of benzene rings is 3. The first-order valence-electron chi connectivity index (χ1n) is 11.3. The number of rotatable bonds is 9. The summed E-state index contributed by atoms with van der Waals surface area (Å²) in [5.74, 6) is 0.686. The summed E-state index contributed by atoms with van der Waals surface area (Å²) in [4.78, 5) is 27.3. The molecule has 5 heteroatoms. The van der Waals surface area contributed by atoms with E-state index in [0.29, 0.717) is 23.7 Å². The highest BCUT2D eigenvalue weighted by atomic mass is 16.5. The molecular formula is C28H32N2O3. The fourth-order valence-corrected chi connectivity index (χ4v) is 3.58. The van der Waals surface area contributed by atoms with Gasteiger partial charge in [0.05, 0.1) is 0 Å². The van der Waals surface area contributed by atoms with Crippen molar-refractivity contribution in [1.29, 1.82) is 0 Å². The Labute approximate surface area is 196 Å². The Balaban J connectivity index is 1.65. The van der Waals surface area contributed by atoms with Gasteiger partial charge in [-0.05, 0) is 54.7 Å². The second-order valence-electron chi connectivity index (χ2n) is 8.32. The average molecular weight is 445 g/mol. The van der Waals surface area contributed by atoms with Crippen molar-refractivity contribution < 1.29 is 14.3 Å². The minimum Gasteiger partial charge on any atom is -0.481 e. The number of nitrogens with zero attached hydrogens (tertiary/aromatic N) is 1. The second-order valence-corrected chi connectivity index (χ2v) is 8.32. The molecule has 3 aromatic rings. The van der Waals surface area contributed by atoms with Gasteiger partial charge in [0.2, 0.25) is 0 Å². The molecular weight excluding hydrogens is 412 g/mol. The SMILES string of the molecule is CCC(C)c1ccccc1OC(C)C(=O)Nc1cccc(C(=O)N(C)Cc2ccccc2)c1. The third-order valence-corrected chi connectivity index (χ3v) is 5.72. The van der Waals surface area contributed by atoms with Gasteiger partial charge in [-0.15, -0.1) is 0 Å². The molecule has 0 saturated heterocycles. The van der Waals surface area contributed by atoms with E-state index in [-0.39, 0.29) is 11.8 Å². The van der Waals surface area contributed by atoms with Crippen LogP contribution >= 0.6 is 0 Å². The summed E-state index contributed by atoms with van der Waals surface area (Å²) in [5, 5.41) is 2.87. The number of carbonyl (C=O) groups is 2. The highest BCUT2D eigenvalue weighted by Crippen LogP contribution is 2.29. The summed E-state index contributed by atoms with van der Waals surface area (Å²) in [6, 6.07) is 24.6. The van der Waals surface area contributed by atoms with E-state index < -0.39 is 6.10 Å². The van der Waals surface area contributed by atoms with Gasteiger partial charge >= 0.3 is 0 Å². The summed E-state index contributed by atoms with van der Waals surface area (Å²) >= 11 is 0. The van der Waals surface area contributed by atoms with Crippen molar-refractivity contribution in [3.05, 3.63) is 95.6 Å². The first kappa shape index (κ1) is 24.1. The Hall–Kier alpha value is -3.60. The van der Waals surface area contributed by atoms with Crippen LogP contribution < -0.4 is 10.1 Å². The van der Waals surface area contributed by atoms with E-state index in [2.05, 4.69) is 19.2 Å². The lowest BCUT2D eigenvalue weighted by molar-refractivity contribution is -0.122. The molecule has 3 rings (SSSR count). The van der Waals surface area contributed by atoms with E-state index in [0.717, 1.165) is 23.3 Å². The fourth-order valence-electron chi connectivity index (χ4n) is 3.58. The third-order valence-electron chi connectivity index (χ3n) is 5.72. The molecule has 5 nitrogen and oxygen atoms in total. The van der Waals surface area contributed by atoms with Gasteiger partial charge in [-0.3, -0.25) is 9.59 Å². The molecule has 0 fully saturated rings. The van der Waals surface area contributed by atoms with E-state index >= 15 is 0 Å². The van der Waals surface area contributed by atoms with Crippen molar-refractivity contribution >= 4 is 17.5 Å². The van der Waals surface area contributed by atoms with Gasteiger partial charge in [0.25, 0.3) is 11.8 Å². The summed E-state index contributed by atoms with van der Waals surface area (Å²) in [6.45, 7) is 6.51. The molecule has 172 valence electrons. The van der Waals surface area contributed by atoms with E-state index in [9.17, 15) is 9.59 Å². The van der Waals surface area contributed by atoms with Gasteiger partial charge in [-0.2, -0.15) is 0 Å². The third kappa shape index (κ3) is 6.45. The monoisotopic (exact) mass is 444 g/mol. The maximum Gasteiger partial charge on any atom is 0.265 e. The molecule has 2 unspecified atom stereocenters. The highest BCUT2D eigenvalue weighted by Gasteiger charge is 2.19. The summed E-state index contributed by atoms with van der Waals surface area (Å²) in [5.41, 5.74) is 3.22. The van der Waals surface area contributed by atoms with Crippen molar-refractivity contribution in [3.63, 3.8) is 0 Å². The van der Waals surface area contributed by atoms with Crippen LogP contribution in [0.2, 0.25) is 0 Å². The maximum absolute atomic E-state index is 12.9. The van der Waals surface area contributed by atoms with Crippen LogP contribution in [-0.2, 0) is 11.3 Å². The number of hydrogen-bond acceptors (Lipinski definition) is 3. The Morgan fingerprint density at radius 1 is 0.939 bits per heavy atom. The van der Waals surface area contributed by atoms with Crippen LogP contribution in [0.4, 0.5) is 5.69 Å². The molecule has 2 atom stereocenters. The molecule has 0 heterocycles. The van der Waals surface area contributed by atoms with Gasteiger partial charge in [0.1, 0.15) is 5.75 Å². The number of nitrogens with one attached hydrogen (secondary N) is 1. The molecule has 2 amide bonds. The fraction of sp³-hybridized carbons (Fsp3) is 0.286. The topological polar surface area (TPSA) is 58.6 Å². The molecule has 0 aliphatic heterocycles. The number of ether oxygens (including phenoxy) is 1. The van der Waals surface area contributed by atoms with Crippen LogP contribution in [0, 0.1) is 0 Å². The van der Waals surface area contributed by atoms with Crippen molar-refractivity contribution in [1.82, 2.24) is 4.90 Å². The second kappa shape index (κ2) is 11.3. The molecule has 0 bridgehead atoms. The van der Waals surface area contributed by atoms with E-state index in [1.54, 1.807) is 43.1 Å². The highest BCUT2D eigenvalue weighted by molar-refractivity contribution is 5.98. The zero-order chi connectivity index (χ0) is 23.8. The smallest absolute Gasteiger partial charge is 0.265 e. The van der Waals surface area contributed by atoms with E-state index in [1.165, 1.54) is 0 Å². The Morgan fingerprint density at radius 3 is 2.36 bits per heavy atom. The van der Waals surface area contributed by atoms with Crippen molar-refractivity contribution in [2.75, 3.05) is 12.4 Å². The lowest BCUT2D eigenvalue weighted by Gasteiger charge is -2.20. The lowest BCUT2D eigenvalue weighted by Crippen LogP contribution is -2.31. The minimum atomic E-state index is -0.685. The van der Waals surface area contributed by atoms with Crippen molar-refractivity contribution in [2.45, 2.75) is 45.8 Å². The van der Waals surface area contributed by atoms with Gasteiger partial charge in [-0.1, -0.05) is 68.4 Å². The molecule has 0 aromatic heterocycles.